The average molecular weight is 199 g/mol. The van der Waals surface area contributed by atoms with Gasteiger partial charge in [-0.1, -0.05) is 0 Å². The third-order valence-corrected chi connectivity index (χ3v) is 2.75. The van der Waals surface area contributed by atoms with Crippen LogP contribution in [-0.4, -0.2) is 62.0 Å². The molecule has 1 heterocycles. The van der Waals surface area contributed by atoms with Crippen LogP contribution in [0.15, 0.2) is 0 Å². The van der Waals surface area contributed by atoms with Gasteiger partial charge in [0, 0.05) is 52.7 Å². The van der Waals surface area contributed by atoms with Crippen molar-refractivity contribution in [2.45, 2.75) is 19.4 Å². The second kappa shape index (κ2) is 5.32. The first-order valence-corrected chi connectivity index (χ1v) is 5.26. The lowest BCUT2D eigenvalue weighted by Crippen LogP contribution is -2.50. The molecule has 0 aromatic heterocycles. The molecule has 82 valence electrons. The summed E-state index contributed by atoms with van der Waals surface area (Å²) in [4.78, 5) is 15.4. The molecule has 0 bridgehead atoms. The van der Waals surface area contributed by atoms with Crippen LogP contribution < -0.4 is 5.32 Å². The third-order valence-electron chi connectivity index (χ3n) is 2.75. The summed E-state index contributed by atoms with van der Waals surface area (Å²) < 4.78 is 0. The lowest BCUT2D eigenvalue weighted by Gasteiger charge is -2.33. The van der Waals surface area contributed by atoms with Gasteiger partial charge in [-0.05, 0) is 6.92 Å². The van der Waals surface area contributed by atoms with E-state index in [4.69, 9.17) is 0 Å². The van der Waals surface area contributed by atoms with Crippen molar-refractivity contribution >= 4 is 5.91 Å². The summed E-state index contributed by atoms with van der Waals surface area (Å²) in [6.45, 7) is 6.23. The van der Waals surface area contributed by atoms with Crippen LogP contribution in [-0.2, 0) is 4.79 Å². The molecule has 0 aliphatic carbocycles. The van der Waals surface area contributed by atoms with E-state index in [2.05, 4.69) is 17.1 Å². The Bertz CT molecular complexity index is 194. The van der Waals surface area contributed by atoms with Gasteiger partial charge in [0.15, 0.2) is 0 Å². The number of hydrogen-bond acceptors (Lipinski definition) is 3. The molecule has 0 radical (unpaired) electrons. The minimum Gasteiger partial charge on any atom is -0.349 e. The van der Waals surface area contributed by atoms with Gasteiger partial charge in [-0.2, -0.15) is 0 Å². The molecule has 0 saturated carbocycles. The van der Waals surface area contributed by atoms with Crippen molar-refractivity contribution in [3.05, 3.63) is 0 Å². The topological polar surface area (TPSA) is 35.6 Å². The largest absolute Gasteiger partial charge is 0.349 e. The minimum atomic E-state index is 0.218. The molecule has 1 rings (SSSR count). The predicted octanol–water partition coefficient (Wildman–Crippen LogP) is -0.242. The molecule has 1 saturated heterocycles. The maximum Gasteiger partial charge on any atom is 0.223 e. The lowest BCUT2D eigenvalue weighted by atomic mass is 10.2. The van der Waals surface area contributed by atoms with E-state index in [1.807, 2.05) is 14.1 Å². The van der Waals surface area contributed by atoms with E-state index >= 15 is 0 Å². The van der Waals surface area contributed by atoms with Crippen LogP contribution in [0.25, 0.3) is 0 Å². The van der Waals surface area contributed by atoms with Gasteiger partial charge >= 0.3 is 0 Å². The summed E-state index contributed by atoms with van der Waals surface area (Å²) in [6.07, 6.45) is 0.636. The highest BCUT2D eigenvalue weighted by molar-refractivity contribution is 5.75. The molecule has 4 heteroatoms. The number of carbonyl (C=O) groups excluding carboxylic acids is 1. The number of carbonyl (C=O) groups is 1. The van der Waals surface area contributed by atoms with Crippen LogP contribution in [0, 0.1) is 0 Å². The molecule has 1 aliphatic heterocycles. The smallest absolute Gasteiger partial charge is 0.223 e. The van der Waals surface area contributed by atoms with Crippen LogP contribution in [0.4, 0.5) is 0 Å². The first-order valence-electron chi connectivity index (χ1n) is 5.26. The van der Waals surface area contributed by atoms with E-state index in [0.717, 1.165) is 26.2 Å². The summed E-state index contributed by atoms with van der Waals surface area (Å²) in [5.74, 6) is 0.218. The zero-order valence-corrected chi connectivity index (χ0v) is 9.42. The van der Waals surface area contributed by atoms with Crippen LogP contribution in [0.5, 0.6) is 0 Å². The summed E-state index contributed by atoms with van der Waals surface area (Å²) in [5.41, 5.74) is 0. The van der Waals surface area contributed by atoms with Gasteiger partial charge < -0.3 is 10.2 Å². The van der Waals surface area contributed by atoms with Gasteiger partial charge in [-0.15, -0.1) is 0 Å². The van der Waals surface area contributed by atoms with E-state index in [9.17, 15) is 4.79 Å². The third kappa shape index (κ3) is 3.27. The molecule has 1 unspecified atom stereocenters. The summed E-state index contributed by atoms with van der Waals surface area (Å²) >= 11 is 0. The maximum absolute atomic E-state index is 11.4. The highest BCUT2D eigenvalue weighted by Gasteiger charge is 2.18. The van der Waals surface area contributed by atoms with Crippen molar-refractivity contribution in [1.82, 2.24) is 15.1 Å². The molecule has 1 amide bonds. The van der Waals surface area contributed by atoms with Crippen molar-refractivity contribution in [2.24, 2.45) is 0 Å². The normalized spacial score (nSPS) is 23.5. The molecule has 4 nitrogen and oxygen atoms in total. The second-order valence-electron chi connectivity index (χ2n) is 4.13. The van der Waals surface area contributed by atoms with Gasteiger partial charge in [-0.3, -0.25) is 9.69 Å². The first-order chi connectivity index (χ1) is 6.61. The molecule has 1 fully saturated rings. The Morgan fingerprint density at radius 3 is 2.86 bits per heavy atom. The van der Waals surface area contributed by atoms with Crippen LogP contribution >= 0.6 is 0 Å². The van der Waals surface area contributed by atoms with Gasteiger partial charge in [-0.25, -0.2) is 0 Å². The van der Waals surface area contributed by atoms with Crippen molar-refractivity contribution in [3.63, 3.8) is 0 Å². The molecule has 0 spiro atoms. The van der Waals surface area contributed by atoms with Crippen LogP contribution in [0.3, 0.4) is 0 Å². The maximum atomic E-state index is 11.4. The standard InChI is InChI=1S/C10H21N3O/c1-9-8-11-5-7-13(9)6-4-10(14)12(2)3/h9,11H,4-8H2,1-3H3. The Labute approximate surface area is 86.2 Å². The molecule has 14 heavy (non-hydrogen) atoms. The Morgan fingerprint density at radius 2 is 2.29 bits per heavy atom. The molecular formula is C10H21N3O. The van der Waals surface area contributed by atoms with Crippen LogP contribution in [0.1, 0.15) is 13.3 Å². The average Bonchev–Trinajstić information content (AvgIpc) is 2.16. The highest BCUT2D eigenvalue weighted by Crippen LogP contribution is 2.03. The zero-order chi connectivity index (χ0) is 10.6. The molecule has 1 atom stereocenters. The Hall–Kier alpha value is -0.610. The molecule has 1 aliphatic rings. The highest BCUT2D eigenvalue weighted by atomic mass is 16.2. The Balaban J connectivity index is 2.26. The summed E-state index contributed by atoms with van der Waals surface area (Å²) in [5, 5.41) is 3.34. The Morgan fingerprint density at radius 1 is 1.57 bits per heavy atom. The van der Waals surface area contributed by atoms with Crippen molar-refractivity contribution < 1.29 is 4.79 Å². The number of nitrogens with zero attached hydrogens (tertiary/aromatic N) is 2. The van der Waals surface area contributed by atoms with E-state index < -0.39 is 0 Å². The van der Waals surface area contributed by atoms with Gasteiger partial charge in [0.25, 0.3) is 0 Å². The van der Waals surface area contributed by atoms with Crippen LogP contribution in [0.2, 0.25) is 0 Å². The van der Waals surface area contributed by atoms with E-state index in [0.29, 0.717) is 12.5 Å². The molecular weight excluding hydrogens is 178 g/mol. The minimum absolute atomic E-state index is 0.218. The van der Waals surface area contributed by atoms with E-state index in [1.54, 1.807) is 4.90 Å². The van der Waals surface area contributed by atoms with Crippen molar-refractivity contribution in [2.75, 3.05) is 40.3 Å². The fourth-order valence-corrected chi connectivity index (χ4v) is 1.68. The van der Waals surface area contributed by atoms with Crippen molar-refractivity contribution in [3.8, 4) is 0 Å². The number of amides is 1. The SMILES string of the molecule is CC1CNCCN1CCC(=O)N(C)C. The number of rotatable bonds is 3. The Kier molecular flexibility index (Phi) is 4.35. The number of nitrogens with one attached hydrogen (secondary N) is 1. The first kappa shape index (κ1) is 11.5. The zero-order valence-electron chi connectivity index (χ0n) is 9.42. The quantitative estimate of drug-likeness (QED) is 0.681. The van der Waals surface area contributed by atoms with Crippen molar-refractivity contribution in [1.29, 1.82) is 0 Å². The molecule has 0 aromatic rings. The summed E-state index contributed by atoms with van der Waals surface area (Å²) in [6, 6.07) is 0.554. The summed E-state index contributed by atoms with van der Waals surface area (Å²) in [7, 11) is 3.62. The lowest BCUT2D eigenvalue weighted by molar-refractivity contribution is -0.129. The van der Waals surface area contributed by atoms with Gasteiger partial charge in [0.05, 0.1) is 0 Å². The monoisotopic (exact) mass is 199 g/mol. The van der Waals surface area contributed by atoms with Gasteiger partial charge in [0.2, 0.25) is 5.91 Å². The molecule has 1 N–H and O–H groups in total. The number of piperazine rings is 1. The molecule has 0 aromatic carbocycles. The fraction of sp³-hybridized carbons (Fsp3) is 0.900. The van der Waals surface area contributed by atoms with E-state index in [1.165, 1.54) is 0 Å². The van der Waals surface area contributed by atoms with Gasteiger partial charge in [0.1, 0.15) is 0 Å². The fourth-order valence-electron chi connectivity index (χ4n) is 1.68. The number of hydrogen-bond donors (Lipinski definition) is 1. The predicted molar refractivity (Wildman–Crippen MR) is 57.2 cm³/mol. The second-order valence-corrected chi connectivity index (χ2v) is 4.13. The van der Waals surface area contributed by atoms with E-state index in [-0.39, 0.29) is 5.91 Å².